The summed E-state index contributed by atoms with van der Waals surface area (Å²) < 4.78 is 23.8. The third-order valence-corrected chi connectivity index (χ3v) is 7.82. The number of hydrogen-bond donors (Lipinski definition) is 1. The van der Waals surface area contributed by atoms with Crippen LogP contribution in [0, 0.1) is 5.92 Å². The van der Waals surface area contributed by atoms with E-state index in [1.807, 2.05) is 57.2 Å². The molecule has 0 aliphatic heterocycles. The summed E-state index contributed by atoms with van der Waals surface area (Å²) in [5.74, 6) is -0.970. The fourth-order valence-corrected chi connectivity index (χ4v) is 5.65. The second-order valence-electron chi connectivity index (χ2n) is 7.02. The van der Waals surface area contributed by atoms with E-state index >= 15 is 0 Å². The Hall–Kier alpha value is -2.59. The second kappa shape index (κ2) is 12.4. The number of carbonyl (C=O) groups is 1. The van der Waals surface area contributed by atoms with E-state index in [1.165, 1.54) is 0 Å². The standard InChI is InChI=1S/C23H32N2O6Si/c1-6-28-22-12-10-9-11-21(22)25-24-19-13-15-20(16-14-19)32(29-7-2,30-8-3)31-18(5)17(4)23(26)27/h9-18H,6-8H2,1-5H3,(H,26,27). The van der Waals surface area contributed by atoms with E-state index in [1.54, 1.807) is 26.0 Å². The van der Waals surface area contributed by atoms with E-state index < -0.39 is 26.8 Å². The largest absolute Gasteiger partial charge is 0.537 e. The zero-order valence-electron chi connectivity index (χ0n) is 19.3. The highest BCUT2D eigenvalue weighted by Crippen LogP contribution is 2.28. The van der Waals surface area contributed by atoms with Gasteiger partial charge in [-0.2, -0.15) is 5.11 Å². The van der Waals surface area contributed by atoms with Crippen LogP contribution in [0.2, 0.25) is 0 Å². The van der Waals surface area contributed by atoms with E-state index in [0.29, 0.717) is 36.9 Å². The summed E-state index contributed by atoms with van der Waals surface area (Å²) >= 11 is 0. The minimum atomic E-state index is -3.33. The average Bonchev–Trinajstić information content (AvgIpc) is 2.78. The van der Waals surface area contributed by atoms with Crippen LogP contribution >= 0.6 is 0 Å². The molecule has 2 rings (SSSR count). The smallest absolute Gasteiger partial charge is 0.492 e. The lowest BCUT2D eigenvalue weighted by Crippen LogP contribution is -2.59. The minimum Gasteiger partial charge on any atom is -0.492 e. The zero-order valence-corrected chi connectivity index (χ0v) is 20.3. The van der Waals surface area contributed by atoms with Gasteiger partial charge in [0.1, 0.15) is 11.4 Å². The number of para-hydroxylation sites is 1. The van der Waals surface area contributed by atoms with Gasteiger partial charge in [0.2, 0.25) is 0 Å². The molecule has 0 heterocycles. The van der Waals surface area contributed by atoms with Gasteiger partial charge >= 0.3 is 14.8 Å². The summed E-state index contributed by atoms with van der Waals surface area (Å²) in [7, 11) is -3.33. The molecule has 0 aliphatic rings. The molecule has 2 unspecified atom stereocenters. The van der Waals surface area contributed by atoms with Crippen LogP contribution in [-0.4, -0.2) is 45.8 Å². The van der Waals surface area contributed by atoms with E-state index in [-0.39, 0.29) is 0 Å². The van der Waals surface area contributed by atoms with Crippen LogP contribution in [0.4, 0.5) is 11.4 Å². The SMILES string of the molecule is CCOc1ccccc1N=Nc1ccc([Si](OCC)(OCC)OC(C)C(C)C(=O)O)cc1. The van der Waals surface area contributed by atoms with Gasteiger partial charge < -0.3 is 23.1 Å². The Morgan fingerprint density at radius 2 is 1.56 bits per heavy atom. The molecule has 0 radical (unpaired) electrons. The van der Waals surface area contributed by atoms with Crippen LogP contribution in [0.15, 0.2) is 58.8 Å². The van der Waals surface area contributed by atoms with Crippen LogP contribution in [0.3, 0.4) is 0 Å². The van der Waals surface area contributed by atoms with E-state index in [9.17, 15) is 9.90 Å². The molecule has 0 amide bonds. The molecule has 1 N–H and O–H groups in total. The highest BCUT2D eigenvalue weighted by atomic mass is 28.4. The van der Waals surface area contributed by atoms with Crippen LogP contribution < -0.4 is 9.92 Å². The molecule has 32 heavy (non-hydrogen) atoms. The van der Waals surface area contributed by atoms with Gasteiger partial charge in [-0.05, 0) is 58.9 Å². The highest BCUT2D eigenvalue weighted by molar-refractivity contribution is 6.75. The number of aliphatic carboxylic acids is 1. The van der Waals surface area contributed by atoms with Gasteiger partial charge in [0.15, 0.2) is 0 Å². The second-order valence-corrected chi connectivity index (χ2v) is 9.52. The van der Waals surface area contributed by atoms with Crippen molar-refractivity contribution in [3.05, 3.63) is 48.5 Å². The van der Waals surface area contributed by atoms with Crippen molar-refractivity contribution >= 4 is 31.3 Å². The number of carboxylic acids is 1. The molecule has 0 bridgehead atoms. The topological polar surface area (TPSA) is 98.9 Å². The number of azo groups is 1. The number of carboxylic acid groups (broad SMARTS) is 1. The Morgan fingerprint density at radius 1 is 0.938 bits per heavy atom. The first-order valence-electron chi connectivity index (χ1n) is 10.8. The number of rotatable bonds is 13. The molecular weight excluding hydrogens is 428 g/mol. The minimum absolute atomic E-state index is 0.371. The van der Waals surface area contributed by atoms with Crippen molar-refractivity contribution in [3.63, 3.8) is 0 Å². The molecule has 0 saturated heterocycles. The molecule has 8 nitrogen and oxygen atoms in total. The van der Waals surface area contributed by atoms with Gasteiger partial charge in [0, 0.05) is 18.4 Å². The first-order valence-corrected chi connectivity index (χ1v) is 12.5. The van der Waals surface area contributed by atoms with Crippen molar-refractivity contribution < 1.29 is 27.9 Å². The quantitative estimate of drug-likeness (QED) is 0.339. The maximum atomic E-state index is 11.4. The Labute approximate surface area is 190 Å². The Kier molecular flexibility index (Phi) is 9.98. The van der Waals surface area contributed by atoms with Crippen molar-refractivity contribution in [3.8, 4) is 5.75 Å². The Morgan fingerprint density at radius 3 is 2.12 bits per heavy atom. The molecule has 0 saturated carbocycles. The van der Waals surface area contributed by atoms with Crippen molar-refractivity contribution in [1.29, 1.82) is 0 Å². The fourth-order valence-electron chi connectivity index (χ4n) is 2.93. The monoisotopic (exact) mass is 460 g/mol. The zero-order chi connectivity index (χ0) is 23.6. The summed E-state index contributed by atoms with van der Waals surface area (Å²) in [6, 6.07) is 14.7. The van der Waals surface area contributed by atoms with Gasteiger partial charge in [-0.1, -0.05) is 24.3 Å². The van der Waals surface area contributed by atoms with Crippen molar-refractivity contribution in [2.24, 2.45) is 16.1 Å². The summed E-state index contributed by atoms with van der Waals surface area (Å²) in [4.78, 5) is 11.4. The van der Waals surface area contributed by atoms with Gasteiger partial charge in [-0.25, -0.2) is 0 Å². The van der Waals surface area contributed by atoms with Crippen molar-refractivity contribution in [2.75, 3.05) is 19.8 Å². The van der Waals surface area contributed by atoms with Gasteiger partial charge in [-0.3, -0.25) is 4.79 Å². The normalized spacial score (nSPS) is 13.8. The number of ether oxygens (including phenoxy) is 1. The maximum absolute atomic E-state index is 11.4. The fraction of sp³-hybridized carbons (Fsp3) is 0.435. The van der Waals surface area contributed by atoms with Crippen LogP contribution in [0.25, 0.3) is 0 Å². The van der Waals surface area contributed by atoms with Crippen LogP contribution in [-0.2, 0) is 18.1 Å². The third kappa shape index (κ3) is 6.70. The number of nitrogens with zero attached hydrogens (tertiary/aromatic N) is 2. The van der Waals surface area contributed by atoms with Crippen LogP contribution in [0.1, 0.15) is 34.6 Å². The summed E-state index contributed by atoms with van der Waals surface area (Å²) in [6.45, 7) is 10.2. The molecule has 0 spiro atoms. The molecule has 2 aromatic carbocycles. The van der Waals surface area contributed by atoms with Gasteiger partial charge in [0.25, 0.3) is 0 Å². The molecule has 0 aromatic heterocycles. The highest BCUT2D eigenvalue weighted by Gasteiger charge is 2.46. The first kappa shape index (κ1) is 25.7. The van der Waals surface area contributed by atoms with Crippen molar-refractivity contribution in [2.45, 2.75) is 40.7 Å². The molecule has 9 heteroatoms. The molecule has 2 atom stereocenters. The molecule has 174 valence electrons. The lowest BCUT2D eigenvalue weighted by Gasteiger charge is -2.33. The lowest BCUT2D eigenvalue weighted by molar-refractivity contribution is -0.144. The number of benzene rings is 2. The Balaban J connectivity index is 2.30. The summed E-state index contributed by atoms with van der Waals surface area (Å²) in [5.41, 5.74) is 1.29. The average molecular weight is 461 g/mol. The van der Waals surface area contributed by atoms with E-state index in [4.69, 9.17) is 18.0 Å². The maximum Gasteiger partial charge on any atom is 0.537 e. The van der Waals surface area contributed by atoms with Gasteiger partial charge in [-0.15, -0.1) is 5.11 Å². The first-order chi connectivity index (χ1) is 15.4. The molecule has 0 fully saturated rings. The number of hydrogen-bond acceptors (Lipinski definition) is 7. The Bertz CT molecular complexity index is 884. The lowest BCUT2D eigenvalue weighted by atomic mass is 10.1. The summed E-state index contributed by atoms with van der Waals surface area (Å²) in [6.07, 6.45) is -0.591. The molecule has 0 aliphatic carbocycles. The van der Waals surface area contributed by atoms with E-state index in [2.05, 4.69) is 10.2 Å². The van der Waals surface area contributed by atoms with E-state index in [0.717, 1.165) is 5.19 Å². The molecule has 2 aromatic rings. The predicted molar refractivity (Wildman–Crippen MR) is 124 cm³/mol. The van der Waals surface area contributed by atoms with Crippen molar-refractivity contribution in [1.82, 2.24) is 0 Å². The third-order valence-electron chi connectivity index (χ3n) is 4.76. The summed E-state index contributed by atoms with van der Waals surface area (Å²) in [5, 5.41) is 18.7. The predicted octanol–water partition coefficient (Wildman–Crippen LogP) is 4.85. The van der Waals surface area contributed by atoms with Gasteiger partial charge in [0.05, 0.1) is 24.3 Å². The molecular formula is C23H32N2O6Si. The van der Waals surface area contributed by atoms with Crippen LogP contribution in [0.5, 0.6) is 5.75 Å².